The Morgan fingerprint density at radius 1 is 0.703 bits per heavy atom. The van der Waals surface area contributed by atoms with Gasteiger partial charge in [0, 0.05) is 48.8 Å². The number of hydrogen-bond donors (Lipinski definition) is 0. The number of ether oxygens (including phenoxy) is 3. The van der Waals surface area contributed by atoms with E-state index in [-0.39, 0.29) is 69.1 Å². The Bertz CT molecular complexity index is 2320. The summed E-state index contributed by atoms with van der Waals surface area (Å²) in [6.07, 6.45) is -0.140. The smallest absolute Gasteiger partial charge is 0.410 e. The van der Waals surface area contributed by atoms with Crippen molar-refractivity contribution in [3.05, 3.63) is 65.4 Å². The molecule has 0 bridgehead atoms. The highest BCUT2D eigenvalue weighted by atomic mass is 127. The molecule has 0 N–H and O–H groups in total. The third kappa shape index (κ3) is 14.0. The molecule has 5 heterocycles. The summed E-state index contributed by atoms with van der Waals surface area (Å²) in [5.74, 6) is -5.54. The minimum Gasteiger partial charge on any atom is -0.497 e. The van der Waals surface area contributed by atoms with Crippen molar-refractivity contribution < 1.29 is 41.4 Å². The van der Waals surface area contributed by atoms with E-state index in [0.29, 0.717) is 15.9 Å². The van der Waals surface area contributed by atoms with Crippen LogP contribution < -0.4 is 14.5 Å². The first-order valence-electron chi connectivity index (χ1n) is 19.3. The quantitative estimate of drug-likeness (QED) is 0.0785. The SMILES string of the molecule is CC(C)(C)OC(=O)N1CCN(c2nc(I)nc(Cl)c2Cl)CC(F)(F)C1.COc1ccc(Cn2ncc(-c3nc(Cl)c(Cl)c(N4CCN(C(=O)OC(C)(C)C)CC(F)(F)C4)n3)c2Cl)cc1. The molecule has 2 fully saturated rings. The molecule has 6 rings (SSSR count). The Morgan fingerprint density at radius 2 is 1.17 bits per heavy atom. The van der Waals surface area contributed by atoms with Crippen molar-refractivity contribution in [3.63, 3.8) is 0 Å². The fourth-order valence-corrected chi connectivity index (χ4v) is 7.79. The Hall–Kier alpha value is -3.57. The monoisotopic (exact) mass is 1110 g/mol. The normalized spacial score (nSPS) is 16.6. The molecule has 0 spiro atoms. The van der Waals surface area contributed by atoms with E-state index in [1.54, 1.807) is 53.3 Å². The zero-order chi connectivity index (χ0) is 47.5. The number of carbonyl (C=O) groups excluding carboxylic acids is 2. The molecule has 2 amide bonds. The lowest BCUT2D eigenvalue weighted by Crippen LogP contribution is -2.44. The van der Waals surface area contributed by atoms with Crippen molar-refractivity contribution in [1.29, 1.82) is 0 Å². The van der Waals surface area contributed by atoms with Gasteiger partial charge >= 0.3 is 12.2 Å². The van der Waals surface area contributed by atoms with Gasteiger partial charge in [-0.3, -0.25) is 0 Å². The van der Waals surface area contributed by atoms with Gasteiger partial charge in [-0.1, -0.05) is 70.1 Å². The number of alkyl halides is 4. The van der Waals surface area contributed by atoms with Gasteiger partial charge in [-0.15, -0.1) is 0 Å². The van der Waals surface area contributed by atoms with Crippen LogP contribution in [0.3, 0.4) is 0 Å². The molecule has 0 atom stereocenters. The maximum absolute atomic E-state index is 15.0. The zero-order valence-corrected chi connectivity index (χ0v) is 41.5. The third-order valence-electron chi connectivity index (χ3n) is 8.94. The predicted octanol–water partition coefficient (Wildman–Crippen LogP) is 10.1. The number of hydrogen-bond acceptors (Lipinski definition) is 12. The van der Waals surface area contributed by atoms with Crippen LogP contribution in [-0.4, -0.2) is 134 Å². The summed E-state index contributed by atoms with van der Waals surface area (Å²) in [4.78, 5) is 45.9. The van der Waals surface area contributed by atoms with Gasteiger partial charge in [0.15, 0.2) is 31.6 Å². The van der Waals surface area contributed by atoms with Crippen LogP contribution in [0.25, 0.3) is 11.4 Å². The summed E-state index contributed by atoms with van der Waals surface area (Å²) in [6, 6.07) is 7.40. The second-order valence-corrected chi connectivity index (χ2v) is 19.4. The molecule has 2 aliphatic rings. The maximum atomic E-state index is 15.0. The van der Waals surface area contributed by atoms with E-state index in [4.69, 9.17) is 72.2 Å². The number of aromatic nitrogens is 6. The van der Waals surface area contributed by atoms with Crippen molar-refractivity contribution in [3.8, 4) is 17.1 Å². The van der Waals surface area contributed by atoms with E-state index >= 15 is 0 Å². The summed E-state index contributed by atoms with van der Waals surface area (Å²) in [7, 11) is 1.58. The second-order valence-electron chi connectivity index (χ2n) is 16.6. The molecule has 25 heteroatoms. The van der Waals surface area contributed by atoms with Gasteiger partial charge < -0.3 is 33.8 Å². The van der Waals surface area contributed by atoms with E-state index in [9.17, 15) is 27.2 Å². The lowest BCUT2D eigenvalue weighted by Gasteiger charge is -2.27. The zero-order valence-electron chi connectivity index (χ0n) is 35.5. The van der Waals surface area contributed by atoms with Crippen LogP contribution in [0, 0.1) is 3.83 Å². The minimum absolute atomic E-state index is 0.00333. The molecular formula is C39H44Cl5F4IN10O5. The van der Waals surface area contributed by atoms with Crippen molar-refractivity contribution in [2.45, 2.75) is 71.1 Å². The molecule has 64 heavy (non-hydrogen) atoms. The third-order valence-corrected chi connectivity index (χ3v) is 11.3. The number of benzene rings is 1. The Morgan fingerprint density at radius 3 is 1.64 bits per heavy atom. The highest BCUT2D eigenvalue weighted by molar-refractivity contribution is 14.1. The van der Waals surface area contributed by atoms with Crippen LogP contribution in [0.4, 0.5) is 38.8 Å². The molecule has 0 unspecified atom stereocenters. The molecule has 0 saturated carbocycles. The van der Waals surface area contributed by atoms with Crippen molar-refractivity contribution in [1.82, 2.24) is 39.5 Å². The molecule has 2 aliphatic heterocycles. The van der Waals surface area contributed by atoms with Crippen molar-refractivity contribution in [2.75, 3.05) is 69.3 Å². The molecule has 3 aromatic heterocycles. The lowest BCUT2D eigenvalue weighted by molar-refractivity contribution is -0.0285. The first-order chi connectivity index (χ1) is 29.6. The molecule has 2 saturated heterocycles. The average Bonchev–Trinajstić information content (AvgIpc) is 3.33. The number of halogens is 10. The van der Waals surface area contributed by atoms with Gasteiger partial charge in [-0.05, 0) is 59.2 Å². The molecule has 0 aliphatic carbocycles. The highest BCUT2D eigenvalue weighted by Crippen LogP contribution is 2.37. The number of rotatable bonds is 6. The van der Waals surface area contributed by atoms with Crippen LogP contribution >= 0.6 is 80.6 Å². The van der Waals surface area contributed by atoms with Crippen LogP contribution in [0.1, 0.15) is 47.1 Å². The Balaban J connectivity index is 0.000000266. The van der Waals surface area contributed by atoms with Crippen molar-refractivity contribution >= 4 is 104 Å². The van der Waals surface area contributed by atoms with Gasteiger partial charge in [0.05, 0.1) is 51.6 Å². The largest absolute Gasteiger partial charge is 0.497 e. The summed E-state index contributed by atoms with van der Waals surface area (Å²) in [6.45, 7) is 7.56. The lowest BCUT2D eigenvalue weighted by atomic mass is 10.2. The minimum atomic E-state index is -3.28. The van der Waals surface area contributed by atoms with Gasteiger partial charge in [0.25, 0.3) is 11.8 Å². The van der Waals surface area contributed by atoms with E-state index < -0.39 is 61.4 Å². The van der Waals surface area contributed by atoms with Crippen LogP contribution in [-0.2, 0) is 16.0 Å². The fraction of sp³-hybridized carbons (Fsp3) is 0.513. The van der Waals surface area contributed by atoms with E-state index in [2.05, 4.69) is 25.0 Å². The van der Waals surface area contributed by atoms with Gasteiger partial charge in [0.1, 0.15) is 32.1 Å². The first-order valence-corrected chi connectivity index (χ1v) is 22.3. The van der Waals surface area contributed by atoms with Crippen molar-refractivity contribution in [2.24, 2.45) is 0 Å². The summed E-state index contributed by atoms with van der Waals surface area (Å²) >= 11 is 33.1. The second kappa shape index (κ2) is 20.5. The number of anilines is 2. The summed E-state index contributed by atoms with van der Waals surface area (Å²) in [5, 5.41) is 4.33. The maximum Gasteiger partial charge on any atom is 0.410 e. The van der Waals surface area contributed by atoms with Crippen LogP contribution in [0.2, 0.25) is 25.5 Å². The first kappa shape index (κ1) is 51.4. The summed E-state index contributed by atoms with van der Waals surface area (Å²) < 4.78 is 76.2. The fourth-order valence-electron chi connectivity index (χ4n) is 6.21. The average molecular weight is 1110 g/mol. The standard InChI is InChI=1S/C25H27Cl3F2N6O3.C14H17Cl2F2IN4O2/c1-24(2,3)39-23(37)35-10-9-34(13-25(29,30)14-35)22-18(26)19(27)32-21(33-22)17-11-31-36(20(17)28)12-15-5-7-16(38-4)8-6-15;1-13(2,3)25-12(24)23-5-4-22(6-14(17,18)7-23)10-8(15)9(16)20-11(19)21-10/h5-8,11H,9-10,12-14H2,1-4H3;4-7H2,1-3H3. The van der Waals surface area contributed by atoms with E-state index in [1.807, 2.05) is 46.9 Å². The molecular weight excluding hydrogens is 1070 g/mol. The Kier molecular flexibility index (Phi) is 16.5. The highest BCUT2D eigenvalue weighted by Gasteiger charge is 2.42. The molecule has 15 nitrogen and oxygen atoms in total. The molecule has 1 aromatic carbocycles. The Labute approximate surface area is 405 Å². The topological polar surface area (TPSA) is 144 Å². The number of nitrogens with zero attached hydrogens (tertiary/aromatic N) is 10. The van der Waals surface area contributed by atoms with Gasteiger partial charge in [-0.2, -0.15) is 5.10 Å². The molecule has 4 aromatic rings. The molecule has 0 radical (unpaired) electrons. The molecule has 350 valence electrons. The van der Waals surface area contributed by atoms with Gasteiger partial charge in [-0.25, -0.2) is 51.8 Å². The summed E-state index contributed by atoms with van der Waals surface area (Å²) in [5.41, 5.74) is -0.322. The van der Waals surface area contributed by atoms with E-state index in [1.165, 1.54) is 16.0 Å². The van der Waals surface area contributed by atoms with Crippen LogP contribution in [0.15, 0.2) is 30.5 Å². The van der Waals surface area contributed by atoms with Crippen LogP contribution in [0.5, 0.6) is 5.75 Å². The number of methoxy groups -OCH3 is 1. The number of amides is 2. The van der Waals surface area contributed by atoms with Gasteiger partial charge in [0.2, 0.25) is 0 Å². The predicted molar refractivity (Wildman–Crippen MR) is 245 cm³/mol. The number of carbonyl (C=O) groups is 2. The van der Waals surface area contributed by atoms with E-state index in [0.717, 1.165) is 21.1 Å².